The number of nitriles is 3. The number of rotatable bonds is 3. The zero-order valence-electron chi connectivity index (χ0n) is 12.1. The molecule has 0 unspecified atom stereocenters. The van der Waals surface area contributed by atoms with Gasteiger partial charge < -0.3 is 5.32 Å². The maximum absolute atomic E-state index is 9.18. The molecule has 0 fully saturated rings. The number of anilines is 1. The monoisotopic (exact) mass is 297 g/mol. The van der Waals surface area contributed by atoms with Crippen LogP contribution in [0.3, 0.4) is 0 Å². The summed E-state index contributed by atoms with van der Waals surface area (Å²) < 4.78 is 0. The van der Waals surface area contributed by atoms with Crippen LogP contribution in [0.15, 0.2) is 76.9 Å². The molecule has 2 rings (SSSR count). The van der Waals surface area contributed by atoms with Gasteiger partial charge in [-0.1, -0.05) is 48.5 Å². The van der Waals surface area contributed by atoms with Gasteiger partial charge in [0.1, 0.15) is 24.0 Å². The van der Waals surface area contributed by atoms with Crippen molar-refractivity contribution in [2.45, 2.75) is 0 Å². The van der Waals surface area contributed by atoms with Gasteiger partial charge in [-0.2, -0.15) is 15.8 Å². The lowest BCUT2D eigenvalue weighted by Crippen LogP contribution is -2.14. The van der Waals surface area contributed by atoms with Crippen LogP contribution in [0.25, 0.3) is 0 Å². The molecule has 108 valence electrons. The Kier molecular flexibility index (Phi) is 5.25. The third kappa shape index (κ3) is 4.04. The van der Waals surface area contributed by atoms with E-state index >= 15 is 0 Å². The zero-order valence-corrected chi connectivity index (χ0v) is 12.1. The second-order valence-electron chi connectivity index (χ2n) is 4.38. The second kappa shape index (κ2) is 7.78. The lowest BCUT2D eigenvalue weighted by molar-refractivity contribution is 1.32. The highest BCUT2D eigenvalue weighted by Crippen LogP contribution is 2.12. The summed E-state index contributed by atoms with van der Waals surface area (Å²) in [5, 5.41) is 30.1. The number of nitrogens with zero attached hydrogens (tertiary/aromatic N) is 4. The van der Waals surface area contributed by atoms with Crippen molar-refractivity contribution in [1.82, 2.24) is 0 Å². The van der Waals surface area contributed by atoms with Crippen LogP contribution >= 0.6 is 0 Å². The minimum Gasteiger partial charge on any atom is -0.340 e. The van der Waals surface area contributed by atoms with Gasteiger partial charge in [-0.05, 0) is 12.1 Å². The molecule has 0 heterocycles. The average molecular weight is 297 g/mol. The summed E-state index contributed by atoms with van der Waals surface area (Å²) in [5.74, 6) is 0.386. The van der Waals surface area contributed by atoms with E-state index in [0.717, 1.165) is 11.3 Å². The highest BCUT2D eigenvalue weighted by molar-refractivity contribution is 6.08. The molecule has 0 saturated carbocycles. The van der Waals surface area contributed by atoms with Crippen molar-refractivity contribution in [3.8, 4) is 18.2 Å². The largest absolute Gasteiger partial charge is 0.340 e. The van der Waals surface area contributed by atoms with Crippen LogP contribution in [0, 0.1) is 34.0 Å². The van der Waals surface area contributed by atoms with E-state index in [1.807, 2.05) is 60.7 Å². The molecule has 0 amide bonds. The quantitative estimate of drug-likeness (QED) is 0.533. The Balaban J connectivity index is 2.53. The topological polar surface area (TPSA) is 95.8 Å². The Bertz CT molecular complexity index is 844. The third-order valence-electron chi connectivity index (χ3n) is 2.87. The van der Waals surface area contributed by atoms with Gasteiger partial charge in [0.15, 0.2) is 11.3 Å². The molecule has 0 atom stereocenters. The normalized spacial score (nSPS) is 9.87. The number of amidine groups is 1. The minimum absolute atomic E-state index is 0.225. The van der Waals surface area contributed by atoms with Crippen LogP contribution in [0.2, 0.25) is 0 Å². The number of hydrogen-bond acceptors (Lipinski definition) is 4. The first-order valence-electron chi connectivity index (χ1n) is 6.69. The van der Waals surface area contributed by atoms with Crippen LogP contribution in [-0.2, 0) is 0 Å². The molecule has 2 aromatic carbocycles. The predicted molar refractivity (Wildman–Crippen MR) is 86.9 cm³/mol. The predicted octanol–water partition coefficient (Wildman–Crippen LogP) is 3.37. The molecule has 0 radical (unpaired) electrons. The minimum atomic E-state index is -0.323. The van der Waals surface area contributed by atoms with Crippen molar-refractivity contribution in [2.75, 3.05) is 5.32 Å². The fourth-order valence-corrected chi connectivity index (χ4v) is 1.80. The molecule has 2 aromatic rings. The molecule has 0 saturated heterocycles. The van der Waals surface area contributed by atoms with Crippen molar-refractivity contribution < 1.29 is 0 Å². The van der Waals surface area contributed by atoms with Gasteiger partial charge >= 0.3 is 0 Å². The Morgan fingerprint density at radius 1 is 0.783 bits per heavy atom. The lowest BCUT2D eigenvalue weighted by atomic mass is 10.2. The molecule has 0 bridgehead atoms. The number of benzene rings is 2. The van der Waals surface area contributed by atoms with Crippen molar-refractivity contribution in [3.05, 3.63) is 77.5 Å². The van der Waals surface area contributed by atoms with Gasteiger partial charge in [-0.15, -0.1) is 0 Å². The van der Waals surface area contributed by atoms with Crippen LogP contribution in [-0.4, -0.2) is 5.84 Å². The van der Waals surface area contributed by atoms with E-state index in [9.17, 15) is 5.26 Å². The molecular weight excluding hydrogens is 286 g/mol. The second-order valence-corrected chi connectivity index (χ2v) is 4.38. The van der Waals surface area contributed by atoms with Gasteiger partial charge in [0, 0.05) is 11.3 Å². The number of nitrogens with one attached hydrogen (secondary N) is 1. The van der Waals surface area contributed by atoms with E-state index < -0.39 is 0 Å². The summed E-state index contributed by atoms with van der Waals surface area (Å²) in [5.41, 5.74) is 0.968. The Labute approximate surface area is 134 Å². The maximum atomic E-state index is 9.18. The molecule has 1 N–H and O–H groups in total. The highest BCUT2D eigenvalue weighted by atomic mass is 15.0. The first-order valence-corrected chi connectivity index (χ1v) is 6.69. The van der Waals surface area contributed by atoms with E-state index in [1.54, 1.807) is 18.2 Å². The fraction of sp³-hybridized carbons (Fsp3) is 0. The van der Waals surface area contributed by atoms with Gasteiger partial charge in [0.2, 0.25) is 0 Å². The first kappa shape index (κ1) is 15.5. The average Bonchev–Trinajstić information content (AvgIpc) is 2.62. The van der Waals surface area contributed by atoms with E-state index in [-0.39, 0.29) is 11.3 Å². The molecule has 0 aliphatic heterocycles. The van der Waals surface area contributed by atoms with Crippen LogP contribution < -0.4 is 5.32 Å². The number of para-hydroxylation sites is 1. The van der Waals surface area contributed by atoms with E-state index in [0.29, 0.717) is 5.84 Å². The summed E-state index contributed by atoms with van der Waals surface area (Å²) >= 11 is 0. The number of hydrogen-bond donors (Lipinski definition) is 1. The number of allylic oxidation sites excluding steroid dienone is 2. The Hall–Kier alpha value is -3.88. The maximum Gasteiger partial charge on any atom is 0.171 e. The van der Waals surface area contributed by atoms with Gasteiger partial charge in [0.25, 0.3) is 0 Å². The van der Waals surface area contributed by atoms with E-state index in [2.05, 4.69) is 10.3 Å². The summed E-state index contributed by atoms with van der Waals surface area (Å²) in [6, 6.07) is 23.7. The fourth-order valence-electron chi connectivity index (χ4n) is 1.80. The Morgan fingerprint density at radius 3 is 1.87 bits per heavy atom. The third-order valence-corrected chi connectivity index (χ3v) is 2.87. The lowest BCUT2D eigenvalue weighted by Gasteiger charge is -2.10. The van der Waals surface area contributed by atoms with Crippen LogP contribution in [0.1, 0.15) is 5.56 Å². The molecular formula is C18H11N5. The smallest absolute Gasteiger partial charge is 0.171 e. The number of aliphatic imine (C=N–C) groups is 1. The first-order chi connectivity index (χ1) is 11.3. The van der Waals surface area contributed by atoms with E-state index in [1.165, 1.54) is 0 Å². The Morgan fingerprint density at radius 2 is 1.35 bits per heavy atom. The summed E-state index contributed by atoms with van der Waals surface area (Å²) in [6.45, 7) is 0. The van der Waals surface area contributed by atoms with E-state index in [4.69, 9.17) is 10.5 Å². The molecule has 23 heavy (non-hydrogen) atoms. The molecule has 0 aliphatic rings. The van der Waals surface area contributed by atoms with Crippen molar-refractivity contribution in [1.29, 1.82) is 15.8 Å². The summed E-state index contributed by atoms with van der Waals surface area (Å²) in [4.78, 5) is 4.18. The van der Waals surface area contributed by atoms with Crippen molar-refractivity contribution in [2.24, 2.45) is 4.99 Å². The van der Waals surface area contributed by atoms with Crippen LogP contribution in [0.4, 0.5) is 5.69 Å². The van der Waals surface area contributed by atoms with Gasteiger partial charge in [-0.3, -0.25) is 0 Å². The zero-order chi connectivity index (χ0) is 16.5. The molecule has 0 aromatic heterocycles. The molecule has 0 spiro atoms. The van der Waals surface area contributed by atoms with Gasteiger partial charge in [-0.25, -0.2) is 4.99 Å². The van der Waals surface area contributed by atoms with Crippen molar-refractivity contribution in [3.63, 3.8) is 0 Å². The molecule has 0 aliphatic carbocycles. The standard InChI is InChI=1S/C18H11N5/c19-11-15(12-20)17(13-21)23-18(14-7-3-1-4-8-14)22-16-9-5-2-6-10-16/h1-10H,(H,22,23). The summed E-state index contributed by atoms with van der Waals surface area (Å²) in [7, 11) is 0. The van der Waals surface area contributed by atoms with Crippen LogP contribution in [0.5, 0.6) is 0 Å². The molecule has 5 heteroatoms. The highest BCUT2D eigenvalue weighted by Gasteiger charge is 2.09. The molecule has 5 nitrogen and oxygen atoms in total. The SMILES string of the molecule is N#CC(C#N)=C(C#N)N=C(Nc1ccccc1)c1ccccc1. The summed E-state index contributed by atoms with van der Waals surface area (Å²) in [6.07, 6.45) is 0. The van der Waals surface area contributed by atoms with Crippen molar-refractivity contribution >= 4 is 11.5 Å². The van der Waals surface area contributed by atoms with Gasteiger partial charge in [0.05, 0.1) is 0 Å².